The smallest absolute Gasteiger partial charge is 0.331 e. The van der Waals surface area contributed by atoms with E-state index < -0.39 is 5.97 Å². The number of nitrogens with zero attached hydrogens (tertiary/aromatic N) is 3. The topological polar surface area (TPSA) is 74.8 Å². The summed E-state index contributed by atoms with van der Waals surface area (Å²) >= 11 is 0. The van der Waals surface area contributed by atoms with Crippen molar-refractivity contribution < 1.29 is 19.2 Å². The van der Waals surface area contributed by atoms with Crippen LogP contribution in [0, 0.1) is 0 Å². The molecule has 0 saturated carbocycles. The molecule has 8 rings (SSSR count). The second-order valence-electron chi connectivity index (χ2n) is 11.0. The van der Waals surface area contributed by atoms with E-state index in [2.05, 4.69) is 69.7 Å². The van der Waals surface area contributed by atoms with E-state index in [-0.39, 0.29) is 12.4 Å². The SMILES string of the molecule is CCn1c2ccc(C(=O)c3ccc(-n4c5ccccc5c5ccccc54)cc3)cc2c2c3c(ccc21)/C(=N/OC(C)=O)CO3. The van der Waals surface area contributed by atoms with Gasteiger partial charge in [-0.25, -0.2) is 4.79 Å². The van der Waals surface area contributed by atoms with Crippen LogP contribution < -0.4 is 4.74 Å². The lowest BCUT2D eigenvalue weighted by Gasteiger charge is -2.09. The van der Waals surface area contributed by atoms with Crippen molar-refractivity contribution in [2.45, 2.75) is 20.4 Å². The second-order valence-corrected chi connectivity index (χ2v) is 11.0. The third kappa shape index (κ3) is 3.86. The first-order chi connectivity index (χ1) is 21.5. The van der Waals surface area contributed by atoms with E-state index in [0.717, 1.165) is 50.6 Å². The number of para-hydroxylation sites is 2. The largest absolute Gasteiger partial charge is 0.486 e. The number of rotatable bonds is 5. The van der Waals surface area contributed by atoms with Crippen molar-refractivity contribution >= 4 is 61.1 Å². The Labute approximate surface area is 252 Å². The molecule has 214 valence electrons. The van der Waals surface area contributed by atoms with Crippen molar-refractivity contribution in [1.82, 2.24) is 9.13 Å². The highest BCUT2D eigenvalue weighted by molar-refractivity contribution is 6.20. The number of aromatic nitrogens is 2. The maximum Gasteiger partial charge on any atom is 0.331 e. The molecule has 0 fully saturated rings. The molecule has 0 amide bonds. The predicted octanol–water partition coefficient (Wildman–Crippen LogP) is 7.80. The summed E-state index contributed by atoms with van der Waals surface area (Å²) in [5.74, 6) is 0.148. The molecule has 7 heteroatoms. The van der Waals surface area contributed by atoms with Gasteiger partial charge in [-0.15, -0.1) is 0 Å². The van der Waals surface area contributed by atoms with Gasteiger partial charge >= 0.3 is 5.97 Å². The van der Waals surface area contributed by atoms with Crippen LogP contribution in [0.5, 0.6) is 5.75 Å². The molecule has 0 unspecified atom stereocenters. The zero-order chi connectivity index (χ0) is 29.9. The number of carbonyl (C=O) groups excluding carboxylic acids is 2. The Kier molecular flexibility index (Phi) is 5.87. The van der Waals surface area contributed by atoms with Gasteiger partial charge in [0.2, 0.25) is 0 Å². The standard InChI is InChI=1S/C37H27N3O4/c1-3-39-31-18-14-24(20-29(31)35-34(39)19-17-28-30(21-43-37(28)35)38-44-22(2)41)36(42)23-12-15-25(16-13-23)40-32-10-6-4-8-26(32)27-9-5-7-11-33(27)40/h4-20H,3,21H2,1-2H3/b38-30+. The maximum atomic E-state index is 13.8. The van der Waals surface area contributed by atoms with E-state index in [0.29, 0.717) is 22.6 Å². The molecule has 0 atom stereocenters. The number of aryl methyl sites for hydroxylation is 1. The Morgan fingerprint density at radius 3 is 2.11 bits per heavy atom. The van der Waals surface area contributed by atoms with Crippen LogP contribution in [0.15, 0.2) is 108 Å². The van der Waals surface area contributed by atoms with E-state index in [1.165, 1.54) is 17.7 Å². The van der Waals surface area contributed by atoms with Crippen molar-refractivity contribution in [2.24, 2.45) is 5.16 Å². The summed E-state index contributed by atoms with van der Waals surface area (Å²) < 4.78 is 10.5. The van der Waals surface area contributed by atoms with Crippen LogP contribution in [0.2, 0.25) is 0 Å². The number of benzene rings is 5. The number of hydrogen-bond donors (Lipinski definition) is 0. The lowest BCUT2D eigenvalue weighted by molar-refractivity contribution is -0.140. The van der Waals surface area contributed by atoms with E-state index >= 15 is 0 Å². The van der Waals surface area contributed by atoms with Crippen molar-refractivity contribution in [3.05, 3.63) is 120 Å². The molecule has 0 saturated heterocycles. The lowest BCUT2D eigenvalue weighted by Crippen LogP contribution is -2.05. The summed E-state index contributed by atoms with van der Waals surface area (Å²) in [6.45, 7) is 4.37. The quantitative estimate of drug-likeness (QED) is 0.119. The molecule has 0 spiro atoms. The third-order valence-corrected chi connectivity index (χ3v) is 8.48. The van der Waals surface area contributed by atoms with Crippen LogP contribution in [-0.4, -0.2) is 33.2 Å². The van der Waals surface area contributed by atoms with Crippen molar-refractivity contribution in [1.29, 1.82) is 0 Å². The second kappa shape index (κ2) is 9.95. The third-order valence-electron chi connectivity index (χ3n) is 8.48. The van der Waals surface area contributed by atoms with Crippen molar-refractivity contribution in [2.75, 3.05) is 6.61 Å². The number of fused-ring (bicyclic) bond motifs is 8. The first kappa shape index (κ1) is 26.0. The minimum atomic E-state index is -0.485. The van der Waals surface area contributed by atoms with Gasteiger partial charge in [0.05, 0.1) is 21.9 Å². The van der Waals surface area contributed by atoms with Crippen LogP contribution in [-0.2, 0) is 16.2 Å². The van der Waals surface area contributed by atoms with Gasteiger partial charge in [0.25, 0.3) is 0 Å². The molecule has 0 aliphatic carbocycles. The molecule has 5 aromatic carbocycles. The van der Waals surface area contributed by atoms with E-state index in [9.17, 15) is 9.59 Å². The van der Waals surface area contributed by atoms with Gasteiger partial charge in [-0.1, -0.05) is 41.6 Å². The van der Waals surface area contributed by atoms with Gasteiger partial charge in [-0.3, -0.25) is 4.79 Å². The molecule has 1 aliphatic heterocycles. The monoisotopic (exact) mass is 577 g/mol. The summed E-state index contributed by atoms with van der Waals surface area (Å²) in [4.78, 5) is 30.1. The van der Waals surface area contributed by atoms with Gasteiger partial charge in [0, 0.05) is 57.5 Å². The Balaban J connectivity index is 1.21. The van der Waals surface area contributed by atoms with Gasteiger partial charge < -0.3 is 18.7 Å². The fraction of sp³-hybridized carbons (Fsp3) is 0.108. The minimum Gasteiger partial charge on any atom is -0.486 e. The highest BCUT2D eigenvalue weighted by Gasteiger charge is 2.26. The number of hydrogen-bond acceptors (Lipinski definition) is 5. The molecule has 2 aromatic heterocycles. The van der Waals surface area contributed by atoms with E-state index in [4.69, 9.17) is 9.57 Å². The Morgan fingerprint density at radius 2 is 1.43 bits per heavy atom. The summed E-state index contributed by atoms with van der Waals surface area (Å²) in [5, 5.41) is 8.25. The number of oxime groups is 1. The first-order valence-electron chi connectivity index (χ1n) is 14.6. The van der Waals surface area contributed by atoms with Crippen LogP contribution >= 0.6 is 0 Å². The molecule has 0 N–H and O–H groups in total. The number of ketones is 1. The molecular weight excluding hydrogens is 550 g/mol. The summed E-state index contributed by atoms with van der Waals surface area (Å²) in [5.41, 5.74) is 7.84. The summed E-state index contributed by atoms with van der Waals surface area (Å²) in [6.07, 6.45) is 0. The lowest BCUT2D eigenvalue weighted by atomic mass is 10.00. The minimum absolute atomic E-state index is 0.0522. The van der Waals surface area contributed by atoms with Gasteiger partial charge in [0.1, 0.15) is 18.1 Å². The molecule has 44 heavy (non-hydrogen) atoms. The molecule has 3 heterocycles. The van der Waals surface area contributed by atoms with E-state index in [1.54, 1.807) is 0 Å². The van der Waals surface area contributed by atoms with Crippen LogP contribution in [0.1, 0.15) is 35.3 Å². The molecular formula is C37H27N3O4. The average Bonchev–Trinajstić information content (AvgIpc) is 3.72. The highest BCUT2D eigenvalue weighted by Crippen LogP contribution is 2.41. The number of ether oxygens (including phenoxy) is 1. The average molecular weight is 578 g/mol. The zero-order valence-electron chi connectivity index (χ0n) is 24.2. The number of carbonyl (C=O) groups is 2. The Morgan fingerprint density at radius 1 is 0.773 bits per heavy atom. The van der Waals surface area contributed by atoms with Crippen LogP contribution in [0.4, 0.5) is 0 Å². The molecule has 1 aliphatic rings. The normalized spacial score (nSPS) is 13.6. The van der Waals surface area contributed by atoms with Gasteiger partial charge in [-0.05, 0) is 73.7 Å². The Hall–Kier alpha value is -5.69. The van der Waals surface area contributed by atoms with Crippen molar-refractivity contribution in [3.63, 3.8) is 0 Å². The Bertz CT molecular complexity index is 2290. The fourth-order valence-corrected chi connectivity index (χ4v) is 6.56. The fourth-order valence-electron chi connectivity index (χ4n) is 6.56. The van der Waals surface area contributed by atoms with Gasteiger partial charge in [-0.2, -0.15) is 0 Å². The molecule has 0 bridgehead atoms. The molecule has 7 nitrogen and oxygen atoms in total. The predicted molar refractivity (Wildman–Crippen MR) is 173 cm³/mol. The highest BCUT2D eigenvalue weighted by atomic mass is 16.7. The van der Waals surface area contributed by atoms with Crippen LogP contribution in [0.25, 0.3) is 49.3 Å². The molecule has 0 radical (unpaired) electrons. The summed E-state index contributed by atoms with van der Waals surface area (Å²) in [7, 11) is 0. The van der Waals surface area contributed by atoms with E-state index in [1.807, 2.05) is 54.6 Å². The zero-order valence-corrected chi connectivity index (χ0v) is 24.2. The summed E-state index contributed by atoms with van der Waals surface area (Å²) in [6, 6.07) is 34.4. The van der Waals surface area contributed by atoms with Gasteiger partial charge in [0.15, 0.2) is 5.78 Å². The van der Waals surface area contributed by atoms with Crippen molar-refractivity contribution in [3.8, 4) is 11.4 Å². The molecule has 7 aromatic rings. The van der Waals surface area contributed by atoms with Crippen LogP contribution in [0.3, 0.4) is 0 Å². The maximum absolute atomic E-state index is 13.8. The first-order valence-corrected chi connectivity index (χ1v) is 14.6.